The standard InChI is InChI=1S/C21H16FN5O4/c1-30-16-7-5-15(6-8-16)23-18(28)12-27-19(29)10-9-17(25-27)21-24-20(26-31-21)13-3-2-4-14(22)11-13/h2-11H,12H2,1H3,(H,23,28). The van der Waals surface area contributed by atoms with Crippen molar-refractivity contribution in [3.63, 3.8) is 0 Å². The highest BCUT2D eigenvalue weighted by Crippen LogP contribution is 2.21. The molecule has 2 aromatic heterocycles. The second-order valence-electron chi connectivity index (χ2n) is 6.42. The van der Waals surface area contributed by atoms with E-state index >= 15 is 0 Å². The Morgan fingerprint density at radius 1 is 1.16 bits per heavy atom. The lowest BCUT2D eigenvalue weighted by Crippen LogP contribution is -2.29. The molecule has 2 heterocycles. The highest BCUT2D eigenvalue weighted by Gasteiger charge is 2.15. The molecule has 0 radical (unpaired) electrons. The fourth-order valence-corrected chi connectivity index (χ4v) is 2.76. The average molecular weight is 421 g/mol. The van der Waals surface area contributed by atoms with E-state index in [0.717, 1.165) is 4.68 Å². The fraction of sp³-hybridized carbons (Fsp3) is 0.0952. The average Bonchev–Trinajstić information content (AvgIpc) is 3.26. The molecule has 9 nitrogen and oxygen atoms in total. The van der Waals surface area contributed by atoms with Crippen molar-refractivity contribution < 1.29 is 18.4 Å². The molecule has 0 spiro atoms. The molecule has 0 saturated carbocycles. The highest BCUT2D eigenvalue weighted by atomic mass is 19.1. The highest BCUT2D eigenvalue weighted by molar-refractivity contribution is 5.90. The molecule has 0 atom stereocenters. The zero-order chi connectivity index (χ0) is 21.8. The van der Waals surface area contributed by atoms with Crippen molar-refractivity contribution in [1.82, 2.24) is 19.9 Å². The summed E-state index contributed by atoms with van der Waals surface area (Å²) in [6.07, 6.45) is 0. The summed E-state index contributed by atoms with van der Waals surface area (Å²) in [5, 5.41) is 10.6. The maximum absolute atomic E-state index is 13.4. The van der Waals surface area contributed by atoms with Crippen molar-refractivity contribution in [2.24, 2.45) is 0 Å². The molecule has 2 aromatic carbocycles. The maximum Gasteiger partial charge on any atom is 0.278 e. The van der Waals surface area contributed by atoms with Crippen molar-refractivity contribution in [2.75, 3.05) is 12.4 Å². The number of methoxy groups -OCH3 is 1. The third kappa shape index (κ3) is 4.64. The third-order valence-electron chi connectivity index (χ3n) is 4.26. The molecular formula is C21H16FN5O4. The van der Waals surface area contributed by atoms with Gasteiger partial charge in [0.25, 0.3) is 11.4 Å². The molecule has 0 aliphatic rings. The van der Waals surface area contributed by atoms with Gasteiger partial charge in [-0.2, -0.15) is 10.1 Å². The van der Waals surface area contributed by atoms with E-state index in [1.807, 2.05) is 0 Å². The van der Waals surface area contributed by atoms with E-state index in [9.17, 15) is 14.0 Å². The van der Waals surface area contributed by atoms with Crippen LogP contribution in [0.2, 0.25) is 0 Å². The largest absolute Gasteiger partial charge is 0.497 e. The van der Waals surface area contributed by atoms with E-state index in [-0.39, 0.29) is 24.0 Å². The van der Waals surface area contributed by atoms with Crippen molar-refractivity contribution in [3.05, 3.63) is 76.8 Å². The Morgan fingerprint density at radius 3 is 2.71 bits per heavy atom. The Morgan fingerprint density at radius 2 is 1.97 bits per heavy atom. The normalized spacial score (nSPS) is 10.6. The van der Waals surface area contributed by atoms with Crippen LogP contribution in [0.5, 0.6) is 5.75 Å². The van der Waals surface area contributed by atoms with Crippen LogP contribution in [-0.2, 0) is 11.3 Å². The molecule has 0 aliphatic heterocycles. The summed E-state index contributed by atoms with van der Waals surface area (Å²) in [5.74, 6) is -0.0167. The van der Waals surface area contributed by atoms with Gasteiger partial charge < -0.3 is 14.6 Å². The Labute approximate surface area is 175 Å². The zero-order valence-corrected chi connectivity index (χ0v) is 16.3. The maximum atomic E-state index is 13.4. The topological polar surface area (TPSA) is 112 Å². The molecule has 1 amide bonds. The van der Waals surface area contributed by atoms with E-state index in [2.05, 4.69) is 20.6 Å². The molecule has 10 heteroatoms. The van der Waals surface area contributed by atoms with Gasteiger partial charge in [0.1, 0.15) is 23.8 Å². The quantitative estimate of drug-likeness (QED) is 0.509. The Hall–Kier alpha value is -4.34. The van der Waals surface area contributed by atoms with Gasteiger partial charge in [0.15, 0.2) is 0 Å². The van der Waals surface area contributed by atoms with Gasteiger partial charge in [0, 0.05) is 17.3 Å². The SMILES string of the molecule is COc1ccc(NC(=O)Cn2nc(-c3nc(-c4cccc(F)c4)no3)ccc2=O)cc1. The third-order valence-corrected chi connectivity index (χ3v) is 4.26. The summed E-state index contributed by atoms with van der Waals surface area (Å²) in [5.41, 5.74) is 0.708. The van der Waals surface area contributed by atoms with Crippen molar-refractivity contribution in [3.8, 4) is 28.7 Å². The van der Waals surface area contributed by atoms with Gasteiger partial charge in [-0.05, 0) is 42.5 Å². The molecule has 0 saturated heterocycles. The van der Waals surface area contributed by atoms with E-state index in [1.54, 1.807) is 37.4 Å². The van der Waals surface area contributed by atoms with Gasteiger partial charge in [-0.1, -0.05) is 17.3 Å². The molecular weight excluding hydrogens is 405 g/mol. The number of hydrogen-bond donors (Lipinski definition) is 1. The first kappa shape index (κ1) is 20.0. The molecule has 0 aliphatic carbocycles. The van der Waals surface area contributed by atoms with Crippen LogP contribution in [-0.4, -0.2) is 32.9 Å². The van der Waals surface area contributed by atoms with Crippen molar-refractivity contribution >= 4 is 11.6 Å². The van der Waals surface area contributed by atoms with Gasteiger partial charge in [0.2, 0.25) is 11.7 Å². The Bertz CT molecular complexity index is 1280. The van der Waals surface area contributed by atoms with Crippen LogP contribution in [0.15, 0.2) is 70.0 Å². The van der Waals surface area contributed by atoms with E-state index < -0.39 is 17.3 Å². The summed E-state index contributed by atoms with van der Waals surface area (Å²) in [4.78, 5) is 28.7. The van der Waals surface area contributed by atoms with Crippen LogP contribution in [0.3, 0.4) is 0 Å². The first-order valence-electron chi connectivity index (χ1n) is 9.14. The second-order valence-corrected chi connectivity index (χ2v) is 6.42. The zero-order valence-electron chi connectivity index (χ0n) is 16.3. The number of carbonyl (C=O) groups excluding carboxylic acids is 1. The number of aromatic nitrogens is 4. The summed E-state index contributed by atoms with van der Waals surface area (Å²) >= 11 is 0. The number of halogens is 1. The number of nitrogens with one attached hydrogen (secondary N) is 1. The first-order chi connectivity index (χ1) is 15.0. The number of hydrogen-bond acceptors (Lipinski definition) is 7. The monoisotopic (exact) mass is 421 g/mol. The minimum atomic E-state index is -0.474. The molecule has 31 heavy (non-hydrogen) atoms. The van der Waals surface area contributed by atoms with Gasteiger partial charge in [0.05, 0.1) is 7.11 Å². The van der Waals surface area contributed by atoms with Crippen LogP contribution < -0.4 is 15.6 Å². The lowest BCUT2D eigenvalue weighted by molar-refractivity contribution is -0.117. The predicted molar refractivity (Wildman–Crippen MR) is 109 cm³/mol. The van der Waals surface area contributed by atoms with E-state index in [4.69, 9.17) is 9.26 Å². The summed E-state index contributed by atoms with van der Waals surface area (Å²) in [6.45, 7) is -0.316. The number of carbonyl (C=O) groups is 1. The predicted octanol–water partition coefficient (Wildman–Crippen LogP) is 2.75. The Balaban J connectivity index is 1.52. The molecule has 0 fully saturated rings. The van der Waals surface area contributed by atoms with Crippen LogP contribution in [0, 0.1) is 5.82 Å². The molecule has 0 unspecified atom stereocenters. The number of rotatable bonds is 6. The smallest absolute Gasteiger partial charge is 0.278 e. The number of benzene rings is 2. The number of nitrogens with zero attached hydrogens (tertiary/aromatic N) is 4. The summed E-state index contributed by atoms with van der Waals surface area (Å²) in [7, 11) is 1.54. The van der Waals surface area contributed by atoms with Crippen LogP contribution in [0.1, 0.15) is 0 Å². The number of amides is 1. The van der Waals surface area contributed by atoms with Gasteiger partial charge in [-0.25, -0.2) is 9.07 Å². The summed E-state index contributed by atoms with van der Waals surface area (Å²) < 4.78 is 24.7. The first-order valence-corrected chi connectivity index (χ1v) is 9.14. The molecule has 1 N–H and O–H groups in total. The van der Waals surface area contributed by atoms with Crippen molar-refractivity contribution in [2.45, 2.75) is 6.54 Å². The van der Waals surface area contributed by atoms with Gasteiger partial charge in [-0.3, -0.25) is 9.59 Å². The van der Waals surface area contributed by atoms with E-state index in [1.165, 1.54) is 30.3 Å². The lowest BCUT2D eigenvalue weighted by atomic mass is 10.2. The molecule has 4 aromatic rings. The lowest BCUT2D eigenvalue weighted by Gasteiger charge is -2.08. The minimum Gasteiger partial charge on any atom is -0.497 e. The second kappa shape index (κ2) is 8.57. The van der Waals surface area contributed by atoms with Gasteiger partial charge in [-0.15, -0.1) is 0 Å². The minimum absolute atomic E-state index is 0.0311. The van der Waals surface area contributed by atoms with E-state index in [0.29, 0.717) is 17.0 Å². The molecule has 4 rings (SSSR count). The van der Waals surface area contributed by atoms with Crippen LogP contribution in [0.25, 0.3) is 23.0 Å². The van der Waals surface area contributed by atoms with Crippen LogP contribution >= 0.6 is 0 Å². The number of anilines is 1. The fourth-order valence-electron chi connectivity index (χ4n) is 2.76. The summed E-state index contributed by atoms with van der Waals surface area (Å²) in [6, 6.07) is 15.1. The van der Waals surface area contributed by atoms with Crippen LogP contribution in [0.4, 0.5) is 10.1 Å². The molecule has 0 bridgehead atoms. The Kier molecular flexibility index (Phi) is 5.52. The van der Waals surface area contributed by atoms with Crippen molar-refractivity contribution in [1.29, 1.82) is 0 Å². The molecule has 156 valence electrons. The number of ether oxygens (including phenoxy) is 1. The van der Waals surface area contributed by atoms with Gasteiger partial charge >= 0.3 is 0 Å².